The number of nitrogens with one attached hydrogen (secondary N) is 1. The van der Waals surface area contributed by atoms with Crippen molar-refractivity contribution in [2.24, 2.45) is 0 Å². The molecule has 17 heavy (non-hydrogen) atoms. The third-order valence-corrected chi connectivity index (χ3v) is 2.67. The van der Waals surface area contributed by atoms with Gasteiger partial charge >= 0.3 is 0 Å². The van der Waals surface area contributed by atoms with Gasteiger partial charge in [-0.25, -0.2) is 4.98 Å². The maximum Gasteiger partial charge on any atom is 0.222 e. The van der Waals surface area contributed by atoms with Crippen LogP contribution in [-0.4, -0.2) is 33.2 Å². The summed E-state index contributed by atoms with van der Waals surface area (Å²) in [6, 6.07) is -0.0408. The smallest absolute Gasteiger partial charge is 0.222 e. The summed E-state index contributed by atoms with van der Waals surface area (Å²) in [6.45, 7) is 3.84. The molecule has 0 aliphatic carbocycles. The number of aliphatic hydroxyl groups is 1. The van der Waals surface area contributed by atoms with Crippen molar-refractivity contribution in [3.05, 3.63) is 18.7 Å². The summed E-state index contributed by atoms with van der Waals surface area (Å²) in [5.74, 6) is -0.0290. The van der Waals surface area contributed by atoms with E-state index in [1.165, 1.54) is 0 Å². The Labute approximate surface area is 102 Å². The van der Waals surface area contributed by atoms with E-state index >= 15 is 0 Å². The highest BCUT2D eigenvalue weighted by atomic mass is 16.3. The first-order valence-corrected chi connectivity index (χ1v) is 6.05. The molecule has 1 aromatic rings. The molecule has 0 saturated heterocycles. The number of aliphatic hydroxyl groups excluding tert-OH is 1. The Hall–Kier alpha value is -1.36. The van der Waals surface area contributed by atoms with E-state index in [4.69, 9.17) is 5.11 Å². The average molecular weight is 239 g/mol. The molecule has 96 valence electrons. The summed E-state index contributed by atoms with van der Waals surface area (Å²) in [7, 11) is 0. The van der Waals surface area contributed by atoms with Gasteiger partial charge in [-0.1, -0.05) is 13.3 Å². The second-order valence-electron chi connectivity index (χ2n) is 4.31. The minimum absolute atomic E-state index is 0.0290. The van der Waals surface area contributed by atoms with Crippen molar-refractivity contribution in [2.75, 3.05) is 6.61 Å². The van der Waals surface area contributed by atoms with Gasteiger partial charge in [0.15, 0.2) is 0 Å². The van der Waals surface area contributed by atoms with Crippen molar-refractivity contribution in [1.29, 1.82) is 0 Å². The molecule has 1 rings (SSSR count). The van der Waals surface area contributed by atoms with Crippen LogP contribution in [0.5, 0.6) is 0 Å². The number of carbonyl (C=O) groups excluding carboxylic acids is 1. The lowest BCUT2D eigenvalue weighted by molar-refractivity contribution is -0.122. The van der Waals surface area contributed by atoms with E-state index < -0.39 is 0 Å². The summed E-state index contributed by atoms with van der Waals surface area (Å²) in [5, 5.41) is 11.6. The first-order valence-electron chi connectivity index (χ1n) is 6.05. The fourth-order valence-corrected chi connectivity index (χ4v) is 1.77. The summed E-state index contributed by atoms with van der Waals surface area (Å²) >= 11 is 0. The van der Waals surface area contributed by atoms with Crippen LogP contribution in [0.1, 0.15) is 39.2 Å². The van der Waals surface area contributed by atoms with E-state index in [0.717, 1.165) is 12.8 Å². The van der Waals surface area contributed by atoms with Gasteiger partial charge in [0, 0.05) is 30.9 Å². The van der Waals surface area contributed by atoms with Gasteiger partial charge in [-0.3, -0.25) is 4.79 Å². The molecule has 1 heterocycles. The highest BCUT2D eigenvalue weighted by Crippen LogP contribution is 2.17. The van der Waals surface area contributed by atoms with Gasteiger partial charge in [-0.15, -0.1) is 0 Å². The van der Waals surface area contributed by atoms with E-state index in [9.17, 15) is 4.79 Å². The minimum Gasteiger partial charge on any atom is -0.394 e. The Kier molecular flexibility index (Phi) is 5.69. The Morgan fingerprint density at radius 1 is 1.59 bits per heavy atom. The van der Waals surface area contributed by atoms with Crippen LogP contribution in [0.4, 0.5) is 0 Å². The molecule has 5 heteroatoms. The van der Waals surface area contributed by atoms with Gasteiger partial charge in [-0.05, 0) is 13.3 Å². The molecule has 0 aliphatic rings. The molecular weight excluding hydrogens is 218 g/mol. The number of carbonyl (C=O) groups is 1. The van der Waals surface area contributed by atoms with Crippen molar-refractivity contribution in [1.82, 2.24) is 14.9 Å². The first kappa shape index (κ1) is 13.7. The number of imidazole rings is 1. The third-order valence-electron chi connectivity index (χ3n) is 2.67. The van der Waals surface area contributed by atoms with Gasteiger partial charge in [0.2, 0.25) is 5.91 Å². The maximum atomic E-state index is 11.7. The fourth-order valence-electron chi connectivity index (χ4n) is 1.77. The van der Waals surface area contributed by atoms with Gasteiger partial charge in [0.05, 0.1) is 12.9 Å². The molecule has 5 nitrogen and oxygen atoms in total. The largest absolute Gasteiger partial charge is 0.394 e. The van der Waals surface area contributed by atoms with E-state index in [0.29, 0.717) is 6.42 Å². The van der Waals surface area contributed by atoms with Gasteiger partial charge in [0.1, 0.15) is 0 Å². The fraction of sp³-hybridized carbons (Fsp3) is 0.667. The number of nitrogens with zero attached hydrogens (tertiary/aromatic N) is 2. The molecule has 0 saturated carbocycles. The van der Waals surface area contributed by atoms with Crippen LogP contribution in [0.3, 0.4) is 0 Å². The van der Waals surface area contributed by atoms with Crippen molar-refractivity contribution in [3.8, 4) is 0 Å². The molecule has 0 aromatic carbocycles. The highest BCUT2D eigenvalue weighted by molar-refractivity contribution is 5.76. The van der Waals surface area contributed by atoms with Crippen molar-refractivity contribution in [2.45, 2.75) is 45.2 Å². The van der Waals surface area contributed by atoms with Crippen LogP contribution in [-0.2, 0) is 4.79 Å². The number of rotatable bonds is 7. The predicted octanol–water partition coefficient (Wildman–Crippen LogP) is 1.11. The van der Waals surface area contributed by atoms with Gasteiger partial charge in [0.25, 0.3) is 0 Å². The van der Waals surface area contributed by atoms with Crippen molar-refractivity contribution >= 4 is 5.91 Å². The molecule has 2 N–H and O–H groups in total. The molecule has 1 unspecified atom stereocenters. The first-order chi connectivity index (χ1) is 8.17. The van der Waals surface area contributed by atoms with Gasteiger partial charge in [-0.2, -0.15) is 0 Å². The Morgan fingerprint density at radius 2 is 2.35 bits per heavy atom. The van der Waals surface area contributed by atoms with E-state index in [1.54, 1.807) is 19.4 Å². The number of hydrogen-bond donors (Lipinski definition) is 2. The summed E-state index contributed by atoms with van der Waals surface area (Å²) < 4.78 is 1.96. The summed E-state index contributed by atoms with van der Waals surface area (Å²) in [4.78, 5) is 15.7. The Bertz CT molecular complexity index is 325. The molecular formula is C12H21N3O2. The zero-order chi connectivity index (χ0) is 12.7. The zero-order valence-corrected chi connectivity index (χ0v) is 10.5. The lowest BCUT2D eigenvalue weighted by atomic mass is 10.1. The molecule has 0 aliphatic heterocycles. The van der Waals surface area contributed by atoms with Crippen LogP contribution in [0.25, 0.3) is 0 Å². The normalized spacial score (nSPS) is 14.3. The van der Waals surface area contributed by atoms with E-state index in [1.807, 2.05) is 10.8 Å². The maximum absolute atomic E-state index is 11.7. The van der Waals surface area contributed by atoms with E-state index in [-0.39, 0.29) is 24.6 Å². The zero-order valence-electron chi connectivity index (χ0n) is 10.5. The third kappa shape index (κ3) is 4.56. The summed E-state index contributed by atoms with van der Waals surface area (Å²) in [5.41, 5.74) is 0. The standard InChI is InChI=1S/C12H21N3O2/c1-3-4-11(15-6-5-13-9-15)7-12(17)14-10(2)8-16/h5-6,9-11,16H,3-4,7-8H2,1-2H3,(H,14,17)/t10-,11?/m1/s1. The lowest BCUT2D eigenvalue weighted by Gasteiger charge is -2.18. The van der Waals surface area contributed by atoms with Crippen LogP contribution < -0.4 is 5.32 Å². The van der Waals surface area contributed by atoms with Crippen molar-refractivity contribution < 1.29 is 9.90 Å². The van der Waals surface area contributed by atoms with Crippen LogP contribution >= 0.6 is 0 Å². The molecule has 1 amide bonds. The molecule has 0 fully saturated rings. The topological polar surface area (TPSA) is 67.2 Å². The SMILES string of the molecule is CCCC(CC(=O)N[C@H](C)CO)n1ccnc1. The van der Waals surface area contributed by atoms with Gasteiger partial charge < -0.3 is 15.0 Å². The average Bonchev–Trinajstić information content (AvgIpc) is 2.81. The van der Waals surface area contributed by atoms with Crippen molar-refractivity contribution in [3.63, 3.8) is 0 Å². The molecule has 0 spiro atoms. The molecule has 1 aromatic heterocycles. The Morgan fingerprint density at radius 3 is 2.88 bits per heavy atom. The molecule has 2 atom stereocenters. The molecule has 0 bridgehead atoms. The number of hydrogen-bond acceptors (Lipinski definition) is 3. The van der Waals surface area contributed by atoms with Crippen LogP contribution in [0.2, 0.25) is 0 Å². The monoisotopic (exact) mass is 239 g/mol. The predicted molar refractivity (Wildman–Crippen MR) is 65.5 cm³/mol. The number of amides is 1. The number of aromatic nitrogens is 2. The quantitative estimate of drug-likeness (QED) is 0.749. The lowest BCUT2D eigenvalue weighted by Crippen LogP contribution is -2.36. The second-order valence-corrected chi connectivity index (χ2v) is 4.31. The van der Waals surface area contributed by atoms with Crippen LogP contribution in [0, 0.1) is 0 Å². The Balaban J connectivity index is 2.52. The van der Waals surface area contributed by atoms with Crippen LogP contribution in [0.15, 0.2) is 18.7 Å². The second kappa shape index (κ2) is 7.06. The highest BCUT2D eigenvalue weighted by Gasteiger charge is 2.15. The molecule has 0 radical (unpaired) electrons. The minimum atomic E-state index is -0.187. The summed E-state index contributed by atoms with van der Waals surface area (Å²) in [6.07, 6.45) is 7.72. The van der Waals surface area contributed by atoms with E-state index in [2.05, 4.69) is 17.2 Å².